The van der Waals surface area contributed by atoms with Gasteiger partial charge in [-0.1, -0.05) is 29.3 Å². The summed E-state index contributed by atoms with van der Waals surface area (Å²) < 4.78 is 11.7. The molecular weight excluding hydrogens is 473 g/mol. The van der Waals surface area contributed by atoms with E-state index in [1.807, 2.05) is 42.5 Å². The molecule has 0 unspecified atom stereocenters. The first-order valence-electron chi connectivity index (χ1n) is 11.6. The third kappa shape index (κ3) is 5.47. The predicted octanol–water partition coefficient (Wildman–Crippen LogP) is 5.02. The minimum atomic E-state index is -0.342. The molecule has 5 rings (SSSR count). The SMILES string of the molecule is O=C(NC1CCC(NCC2(Oc3ccc(Cl)cc3)COC2)CC1)c1ccc2cc(Cl)ccc2n1. The highest BCUT2D eigenvalue weighted by molar-refractivity contribution is 6.31. The monoisotopic (exact) mass is 499 g/mol. The van der Waals surface area contributed by atoms with Crippen molar-refractivity contribution in [1.29, 1.82) is 0 Å². The summed E-state index contributed by atoms with van der Waals surface area (Å²) in [5, 5.41) is 9.08. The molecule has 2 fully saturated rings. The van der Waals surface area contributed by atoms with Crippen LogP contribution >= 0.6 is 23.2 Å². The molecule has 1 aliphatic carbocycles. The average Bonchev–Trinajstić information content (AvgIpc) is 2.82. The highest BCUT2D eigenvalue weighted by Gasteiger charge is 2.41. The Bertz CT molecular complexity index is 1160. The molecule has 8 heteroatoms. The lowest BCUT2D eigenvalue weighted by Crippen LogP contribution is -2.61. The Kier molecular flexibility index (Phi) is 6.93. The molecule has 2 heterocycles. The largest absolute Gasteiger partial charge is 0.481 e. The Balaban J connectivity index is 1.10. The molecular formula is C26H27Cl2N3O3. The number of ether oxygens (including phenoxy) is 2. The van der Waals surface area contributed by atoms with E-state index in [1.165, 1.54) is 0 Å². The van der Waals surface area contributed by atoms with E-state index in [0.717, 1.165) is 48.9 Å². The average molecular weight is 500 g/mol. The molecule has 0 bridgehead atoms. The number of rotatable bonds is 7. The fourth-order valence-electron chi connectivity index (χ4n) is 4.53. The maximum Gasteiger partial charge on any atom is 0.270 e. The van der Waals surface area contributed by atoms with Crippen LogP contribution in [0, 0.1) is 0 Å². The van der Waals surface area contributed by atoms with E-state index in [1.54, 1.807) is 12.1 Å². The first-order valence-corrected chi connectivity index (χ1v) is 12.4. The molecule has 3 aromatic rings. The first-order chi connectivity index (χ1) is 16.5. The van der Waals surface area contributed by atoms with Gasteiger partial charge in [0.1, 0.15) is 11.4 Å². The van der Waals surface area contributed by atoms with Gasteiger partial charge in [0.25, 0.3) is 5.91 Å². The number of benzene rings is 2. The van der Waals surface area contributed by atoms with Crippen LogP contribution in [0.25, 0.3) is 10.9 Å². The van der Waals surface area contributed by atoms with Gasteiger partial charge in [0.15, 0.2) is 5.60 Å². The number of aromatic nitrogens is 1. The van der Waals surface area contributed by atoms with E-state index in [2.05, 4.69) is 15.6 Å². The number of pyridine rings is 1. The number of nitrogens with one attached hydrogen (secondary N) is 2. The van der Waals surface area contributed by atoms with Gasteiger partial charge < -0.3 is 20.1 Å². The Labute approximate surface area is 208 Å². The smallest absolute Gasteiger partial charge is 0.270 e. The van der Waals surface area contributed by atoms with Gasteiger partial charge >= 0.3 is 0 Å². The molecule has 1 saturated heterocycles. The van der Waals surface area contributed by atoms with Crippen LogP contribution in [-0.2, 0) is 4.74 Å². The summed E-state index contributed by atoms with van der Waals surface area (Å²) in [6.45, 7) is 1.86. The van der Waals surface area contributed by atoms with Crippen LogP contribution < -0.4 is 15.4 Å². The van der Waals surface area contributed by atoms with Crippen molar-refractivity contribution in [1.82, 2.24) is 15.6 Å². The van der Waals surface area contributed by atoms with Crippen LogP contribution in [0.2, 0.25) is 10.0 Å². The zero-order chi connectivity index (χ0) is 23.5. The Morgan fingerprint density at radius 1 is 0.971 bits per heavy atom. The molecule has 2 aliphatic rings. The zero-order valence-corrected chi connectivity index (χ0v) is 20.2. The summed E-state index contributed by atoms with van der Waals surface area (Å²) in [4.78, 5) is 17.2. The highest BCUT2D eigenvalue weighted by atomic mass is 35.5. The quantitative estimate of drug-likeness (QED) is 0.477. The highest BCUT2D eigenvalue weighted by Crippen LogP contribution is 2.27. The van der Waals surface area contributed by atoms with Crippen LogP contribution in [0.1, 0.15) is 36.2 Å². The van der Waals surface area contributed by atoms with Crippen molar-refractivity contribution < 1.29 is 14.3 Å². The van der Waals surface area contributed by atoms with Crippen LogP contribution in [0.5, 0.6) is 5.75 Å². The molecule has 1 aliphatic heterocycles. The minimum Gasteiger partial charge on any atom is -0.481 e. The van der Waals surface area contributed by atoms with Gasteiger partial charge in [0, 0.05) is 34.1 Å². The molecule has 0 radical (unpaired) electrons. The van der Waals surface area contributed by atoms with Gasteiger partial charge in [-0.2, -0.15) is 0 Å². The van der Waals surface area contributed by atoms with E-state index in [-0.39, 0.29) is 17.6 Å². The molecule has 2 aromatic carbocycles. The Morgan fingerprint density at radius 3 is 2.38 bits per heavy atom. The number of hydrogen-bond acceptors (Lipinski definition) is 5. The van der Waals surface area contributed by atoms with Crippen molar-refractivity contribution in [3.63, 3.8) is 0 Å². The Hall–Kier alpha value is -2.38. The third-order valence-corrected chi connectivity index (χ3v) is 7.02. The van der Waals surface area contributed by atoms with Crippen molar-refractivity contribution in [2.45, 2.75) is 43.4 Å². The van der Waals surface area contributed by atoms with E-state index in [9.17, 15) is 4.79 Å². The van der Waals surface area contributed by atoms with Crippen LogP contribution in [0.3, 0.4) is 0 Å². The molecule has 178 valence electrons. The number of nitrogens with zero attached hydrogens (tertiary/aromatic N) is 1. The van der Waals surface area contributed by atoms with Gasteiger partial charge in [-0.15, -0.1) is 0 Å². The molecule has 1 aromatic heterocycles. The van der Waals surface area contributed by atoms with Gasteiger partial charge in [0.2, 0.25) is 0 Å². The number of hydrogen-bond donors (Lipinski definition) is 2. The summed E-state index contributed by atoms with van der Waals surface area (Å²) in [6.07, 6.45) is 3.83. The topological polar surface area (TPSA) is 72.5 Å². The molecule has 1 saturated carbocycles. The molecule has 0 spiro atoms. The maximum absolute atomic E-state index is 12.7. The maximum atomic E-state index is 12.7. The lowest BCUT2D eigenvalue weighted by molar-refractivity contribution is -0.159. The van der Waals surface area contributed by atoms with Gasteiger partial charge in [-0.05, 0) is 74.2 Å². The van der Waals surface area contributed by atoms with Gasteiger partial charge in [-0.3, -0.25) is 4.79 Å². The van der Waals surface area contributed by atoms with Gasteiger partial charge in [-0.25, -0.2) is 4.98 Å². The van der Waals surface area contributed by atoms with Crippen molar-refractivity contribution in [3.05, 3.63) is 70.3 Å². The number of carbonyl (C=O) groups excluding carboxylic acids is 1. The van der Waals surface area contributed by atoms with E-state index < -0.39 is 0 Å². The molecule has 0 atom stereocenters. The number of amides is 1. The van der Waals surface area contributed by atoms with Crippen LogP contribution in [0.4, 0.5) is 0 Å². The predicted molar refractivity (Wildman–Crippen MR) is 134 cm³/mol. The lowest BCUT2D eigenvalue weighted by Gasteiger charge is -2.43. The summed E-state index contributed by atoms with van der Waals surface area (Å²) in [6, 6.07) is 17.1. The third-order valence-electron chi connectivity index (χ3n) is 6.54. The number of halogens is 2. The lowest BCUT2D eigenvalue weighted by atomic mass is 9.90. The number of fused-ring (bicyclic) bond motifs is 1. The summed E-state index contributed by atoms with van der Waals surface area (Å²) >= 11 is 12.0. The fourth-order valence-corrected chi connectivity index (χ4v) is 4.84. The van der Waals surface area contributed by atoms with E-state index in [0.29, 0.717) is 35.0 Å². The van der Waals surface area contributed by atoms with E-state index in [4.69, 9.17) is 32.7 Å². The molecule has 1 amide bonds. The molecule has 34 heavy (non-hydrogen) atoms. The van der Waals surface area contributed by atoms with Crippen molar-refractivity contribution in [3.8, 4) is 5.75 Å². The van der Waals surface area contributed by atoms with Gasteiger partial charge in [0.05, 0.1) is 18.7 Å². The van der Waals surface area contributed by atoms with Crippen molar-refractivity contribution >= 4 is 40.0 Å². The first kappa shape index (κ1) is 23.4. The van der Waals surface area contributed by atoms with Crippen LogP contribution in [-0.4, -0.2) is 48.3 Å². The zero-order valence-electron chi connectivity index (χ0n) is 18.7. The normalized spacial score (nSPS) is 21.6. The van der Waals surface area contributed by atoms with Crippen molar-refractivity contribution in [2.75, 3.05) is 19.8 Å². The summed E-state index contributed by atoms with van der Waals surface area (Å²) in [5.74, 6) is 0.668. The van der Waals surface area contributed by atoms with Crippen molar-refractivity contribution in [2.24, 2.45) is 0 Å². The second-order valence-corrected chi connectivity index (χ2v) is 10.0. The van der Waals surface area contributed by atoms with E-state index >= 15 is 0 Å². The Morgan fingerprint density at radius 2 is 1.68 bits per heavy atom. The molecule has 6 nitrogen and oxygen atoms in total. The second-order valence-electron chi connectivity index (χ2n) is 9.17. The fraction of sp³-hybridized carbons (Fsp3) is 0.385. The standard InChI is InChI=1S/C26H27Cl2N3O3/c27-18-2-9-22(10-3-18)34-26(15-33-16-26)14-29-20-5-7-21(8-6-20)30-25(32)24-11-1-17-13-19(28)4-12-23(17)31-24/h1-4,9-13,20-21,29H,5-8,14-16H2,(H,30,32). The molecule has 2 N–H and O–H groups in total. The number of carbonyl (C=O) groups is 1. The minimum absolute atomic E-state index is 0.129. The van der Waals surface area contributed by atoms with Crippen LogP contribution in [0.15, 0.2) is 54.6 Å². The second kappa shape index (κ2) is 10.1. The summed E-state index contributed by atoms with van der Waals surface area (Å²) in [5.41, 5.74) is 0.853. The summed E-state index contributed by atoms with van der Waals surface area (Å²) in [7, 11) is 0.